The number of methoxy groups -OCH3 is 2. The van der Waals surface area contributed by atoms with Crippen LogP contribution in [0, 0.1) is 0 Å². The molecule has 9 nitrogen and oxygen atoms in total. The average molecular weight is 564 g/mol. The lowest BCUT2D eigenvalue weighted by Gasteiger charge is -2.15. The van der Waals surface area contributed by atoms with E-state index in [1.165, 1.54) is 7.11 Å². The number of hydrogen-bond donors (Lipinski definition) is 1. The predicted molar refractivity (Wildman–Crippen MR) is 164 cm³/mol. The van der Waals surface area contributed by atoms with Crippen LogP contribution < -0.4 is 10.1 Å². The van der Waals surface area contributed by atoms with Gasteiger partial charge in [-0.3, -0.25) is 4.79 Å². The minimum Gasteiger partial charge on any atom is -0.494 e. The van der Waals surface area contributed by atoms with Gasteiger partial charge in [-0.15, -0.1) is 6.58 Å². The Kier molecular flexibility index (Phi) is 7.93. The van der Waals surface area contributed by atoms with E-state index >= 15 is 0 Å². The summed E-state index contributed by atoms with van der Waals surface area (Å²) in [6.07, 6.45) is 3.83. The van der Waals surface area contributed by atoms with Gasteiger partial charge in [0.2, 0.25) is 5.91 Å². The molecule has 0 aliphatic heterocycles. The molecule has 0 saturated heterocycles. The zero-order chi connectivity index (χ0) is 30.0. The topological polar surface area (TPSA) is 100 Å². The van der Waals surface area contributed by atoms with Crippen LogP contribution in [0.25, 0.3) is 39.7 Å². The molecule has 0 fully saturated rings. The molecule has 0 bridgehead atoms. The Morgan fingerprint density at radius 2 is 1.88 bits per heavy atom. The van der Waals surface area contributed by atoms with Crippen LogP contribution in [0.1, 0.15) is 40.1 Å². The Balaban J connectivity index is 1.51. The van der Waals surface area contributed by atoms with Crippen molar-refractivity contribution in [1.82, 2.24) is 24.4 Å². The highest BCUT2D eigenvalue weighted by atomic mass is 16.5. The fourth-order valence-electron chi connectivity index (χ4n) is 5.20. The van der Waals surface area contributed by atoms with Gasteiger partial charge in [0.15, 0.2) is 5.82 Å². The summed E-state index contributed by atoms with van der Waals surface area (Å²) in [6, 6.07) is 16.7. The molecule has 3 aromatic heterocycles. The third-order valence-electron chi connectivity index (χ3n) is 7.25. The van der Waals surface area contributed by atoms with Crippen LogP contribution in [0.5, 0.6) is 5.75 Å². The number of carbonyl (C=O) groups excluding carboxylic acids is 2. The highest BCUT2D eigenvalue weighted by molar-refractivity contribution is 5.97. The summed E-state index contributed by atoms with van der Waals surface area (Å²) in [7, 11) is 4.80. The number of imidazole rings is 1. The van der Waals surface area contributed by atoms with Crippen LogP contribution in [-0.4, -0.2) is 45.2 Å². The van der Waals surface area contributed by atoms with Crippen LogP contribution >= 0.6 is 0 Å². The molecule has 9 heteroatoms. The number of benzene rings is 2. The first-order valence-electron chi connectivity index (χ1n) is 13.5. The van der Waals surface area contributed by atoms with Crippen molar-refractivity contribution in [2.45, 2.75) is 25.9 Å². The fraction of sp³-hybridized carbons (Fsp3) is 0.212. The van der Waals surface area contributed by atoms with Gasteiger partial charge in [-0.2, -0.15) is 0 Å². The second-order valence-electron chi connectivity index (χ2n) is 10.0. The number of amides is 1. The number of carbonyl (C=O) groups is 2. The van der Waals surface area contributed by atoms with E-state index < -0.39 is 5.97 Å². The molecule has 0 radical (unpaired) electrons. The lowest BCUT2D eigenvalue weighted by atomic mass is 10.1. The van der Waals surface area contributed by atoms with Crippen LogP contribution in [0.2, 0.25) is 0 Å². The number of hydrogen-bond acceptors (Lipinski definition) is 6. The highest BCUT2D eigenvalue weighted by Crippen LogP contribution is 2.34. The van der Waals surface area contributed by atoms with E-state index in [2.05, 4.69) is 18.5 Å². The Morgan fingerprint density at radius 3 is 2.60 bits per heavy atom. The van der Waals surface area contributed by atoms with E-state index in [1.807, 2.05) is 65.6 Å². The van der Waals surface area contributed by atoms with E-state index in [0.717, 1.165) is 39.1 Å². The van der Waals surface area contributed by atoms with Crippen molar-refractivity contribution in [3.8, 4) is 17.3 Å². The smallest absolute Gasteiger partial charge is 0.338 e. The summed E-state index contributed by atoms with van der Waals surface area (Å²) in [4.78, 5) is 34.9. The van der Waals surface area contributed by atoms with Gasteiger partial charge in [0.1, 0.15) is 16.9 Å². The molecule has 3 heterocycles. The highest BCUT2D eigenvalue weighted by Gasteiger charge is 2.22. The molecule has 1 unspecified atom stereocenters. The molecule has 1 N–H and O–H groups in total. The van der Waals surface area contributed by atoms with Gasteiger partial charge in [0.05, 0.1) is 49.2 Å². The Morgan fingerprint density at radius 1 is 1.07 bits per heavy atom. The molecule has 42 heavy (non-hydrogen) atoms. The largest absolute Gasteiger partial charge is 0.494 e. The van der Waals surface area contributed by atoms with Gasteiger partial charge >= 0.3 is 5.97 Å². The van der Waals surface area contributed by atoms with Crippen molar-refractivity contribution < 1.29 is 19.1 Å². The minimum atomic E-state index is -0.466. The van der Waals surface area contributed by atoms with E-state index in [0.29, 0.717) is 29.2 Å². The monoisotopic (exact) mass is 563 g/mol. The molecule has 2 aromatic carbocycles. The average Bonchev–Trinajstić information content (AvgIpc) is 3.52. The van der Waals surface area contributed by atoms with Crippen LogP contribution in [0.3, 0.4) is 0 Å². The number of rotatable bonds is 10. The van der Waals surface area contributed by atoms with Crippen molar-refractivity contribution in [3.63, 3.8) is 0 Å². The Hall–Kier alpha value is -5.18. The summed E-state index contributed by atoms with van der Waals surface area (Å²) in [6.45, 7) is 10.2. The lowest BCUT2D eigenvalue weighted by Crippen LogP contribution is -2.28. The van der Waals surface area contributed by atoms with Gasteiger partial charge in [-0.1, -0.05) is 43.0 Å². The maximum Gasteiger partial charge on any atom is 0.338 e. The van der Waals surface area contributed by atoms with Crippen molar-refractivity contribution in [2.75, 3.05) is 14.2 Å². The standard InChI is InChI=1S/C33H33N5O4/c1-7-14-38-27(32-36-26-17-24(33(40)42-6)19-28(41-5)30(26)37(32)4)18-23-12-13-25(35-31(23)38)20(3)34-29(39)16-22-11-9-10-21(8-2)15-22/h7-13,15,17-20H,1-2,14,16H2,3-6H3,(H,34,39). The number of pyridine rings is 1. The number of nitrogens with zero attached hydrogens (tertiary/aromatic N) is 4. The second kappa shape index (κ2) is 11.7. The summed E-state index contributed by atoms with van der Waals surface area (Å²) in [5.74, 6) is 0.635. The van der Waals surface area contributed by atoms with Gasteiger partial charge < -0.3 is 23.9 Å². The van der Waals surface area contributed by atoms with Gasteiger partial charge in [-0.25, -0.2) is 14.8 Å². The number of aryl methyl sites for hydroxylation is 1. The Labute approximate surface area is 244 Å². The van der Waals surface area contributed by atoms with Gasteiger partial charge in [-0.05, 0) is 48.4 Å². The van der Waals surface area contributed by atoms with Crippen LogP contribution in [0.15, 0.2) is 73.8 Å². The Bertz CT molecular complexity index is 1850. The van der Waals surface area contributed by atoms with E-state index in [9.17, 15) is 9.59 Å². The minimum absolute atomic E-state index is 0.0901. The first-order valence-corrected chi connectivity index (χ1v) is 13.5. The SMILES string of the molecule is C=CCn1c(-c2nc3cc(C(=O)OC)cc(OC)c3n2C)cc2ccc(C(C)NC(=O)Cc3cccc(C=C)c3)nc21. The number of esters is 1. The van der Waals surface area contributed by atoms with E-state index in [1.54, 1.807) is 31.4 Å². The van der Waals surface area contributed by atoms with E-state index in [-0.39, 0.29) is 18.4 Å². The molecule has 0 aliphatic carbocycles. The van der Waals surface area contributed by atoms with Crippen LogP contribution in [0.4, 0.5) is 0 Å². The summed E-state index contributed by atoms with van der Waals surface area (Å²) >= 11 is 0. The molecule has 1 atom stereocenters. The first-order chi connectivity index (χ1) is 20.3. The molecular formula is C33H33N5O4. The molecule has 1 amide bonds. The predicted octanol–water partition coefficient (Wildman–Crippen LogP) is 5.63. The zero-order valence-electron chi connectivity index (χ0n) is 24.2. The van der Waals surface area contributed by atoms with Gasteiger partial charge in [0, 0.05) is 19.0 Å². The molecule has 0 spiro atoms. The van der Waals surface area contributed by atoms with Crippen molar-refractivity contribution in [1.29, 1.82) is 0 Å². The third-order valence-corrected chi connectivity index (χ3v) is 7.25. The first kappa shape index (κ1) is 28.4. The normalized spacial score (nSPS) is 11.8. The second-order valence-corrected chi connectivity index (χ2v) is 10.0. The summed E-state index contributed by atoms with van der Waals surface area (Å²) < 4.78 is 14.5. The van der Waals surface area contributed by atoms with Crippen molar-refractivity contribution in [3.05, 3.63) is 96.2 Å². The third kappa shape index (κ3) is 5.28. The summed E-state index contributed by atoms with van der Waals surface area (Å²) in [5.41, 5.74) is 5.91. The molecule has 5 aromatic rings. The van der Waals surface area contributed by atoms with Crippen LogP contribution in [-0.2, 0) is 29.5 Å². The maximum absolute atomic E-state index is 12.8. The number of fused-ring (bicyclic) bond motifs is 2. The molecule has 0 saturated carbocycles. The number of nitrogens with one attached hydrogen (secondary N) is 1. The quantitative estimate of drug-likeness (QED) is 0.175. The van der Waals surface area contributed by atoms with E-state index in [4.69, 9.17) is 19.4 Å². The molecule has 214 valence electrons. The fourth-order valence-corrected chi connectivity index (χ4v) is 5.20. The van der Waals surface area contributed by atoms with Crippen molar-refractivity contribution in [2.24, 2.45) is 7.05 Å². The molecule has 0 aliphatic rings. The maximum atomic E-state index is 12.8. The zero-order valence-corrected chi connectivity index (χ0v) is 24.2. The number of ether oxygens (including phenoxy) is 2. The van der Waals surface area contributed by atoms with Gasteiger partial charge in [0.25, 0.3) is 0 Å². The molecule has 5 rings (SSSR count). The number of aromatic nitrogens is 4. The lowest BCUT2D eigenvalue weighted by molar-refractivity contribution is -0.121. The summed E-state index contributed by atoms with van der Waals surface area (Å²) in [5, 5.41) is 3.99. The number of allylic oxidation sites excluding steroid dienone is 1. The van der Waals surface area contributed by atoms with Crippen molar-refractivity contribution >= 4 is 40.0 Å². The molecular weight excluding hydrogens is 530 g/mol.